The highest BCUT2D eigenvalue weighted by Gasteiger charge is 2.36. The number of nitrogens with zero attached hydrogens (tertiary/aromatic N) is 1. The van der Waals surface area contributed by atoms with Gasteiger partial charge in [-0.1, -0.05) is 68.5 Å². The van der Waals surface area contributed by atoms with E-state index in [1.165, 1.54) is 17.0 Å². The second kappa shape index (κ2) is 15.8. The number of para-hydroxylation sites is 1. The predicted octanol–water partition coefficient (Wildman–Crippen LogP) is 6.66. The number of amides is 3. The minimum Gasteiger partial charge on any atom is -0.508 e. The smallest absolute Gasteiger partial charge is 0.408 e. The average molecular weight is 592 g/mol. The number of alkyl carbamates (subject to hydrolysis) is 1. The fourth-order valence-electron chi connectivity index (χ4n) is 4.24. The molecule has 0 saturated carbocycles. The number of halogens is 1. The van der Waals surface area contributed by atoms with Crippen molar-refractivity contribution in [1.29, 1.82) is 0 Å². The number of thiol groups is 1. The standard InChI is InChI=1S/C30H42ClN3O5S/c1-6-7-8-9-10-17-34(28(37)24(19-40)32-29(38)39-30(3,4)5)26(21-14-12-15-22(35)18-21)27(36)33-25-20(2)13-11-16-23(25)31/h11-16,18,24,26,35,40H,6-10,17,19H2,1-5H3,(H,32,38)(H,33,36). The zero-order valence-electron chi connectivity index (χ0n) is 24.0. The number of aromatic hydroxyl groups is 1. The van der Waals surface area contributed by atoms with Crippen molar-refractivity contribution in [1.82, 2.24) is 10.2 Å². The second-order valence-electron chi connectivity index (χ2n) is 10.7. The number of carbonyl (C=O) groups excluding carboxylic acids is 3. The van der Waals surface area contributed by atoms with Crippen LogP contribution in [0.5, 0.6) is 5.75 Å². The number of ether oxygens (including phenoxy) is 1. The first-order valence-electron chi connectivity index (χ1n) is 13.6. The molecule has 0 radical (unpaired) electrons. The second-order valence-corrected chi connectivity index (χ2v) is 11.5. The predicted molar refractivity (Wildman–Crippen MR) is 163 cm³/mol. The van der Waals surface area contributed by atoms with Gasteiger partial charge in [-0.15, -0.1) is 0 Å². The first-order chi connectivity index (χ1) is 18.9. The van der Waals surface area contributed by atoms with Gasteiger partial charge >= 0.3 is 6.09 Å². The summed E-state index contributed by atoms with van der Waals surface area (Å²) in [5.41, 5.74) is 0.851. The maximum atomic E-state index is 14.0. The lowest BCUT2D eigenvalue weighted by molar-refractivity contribution is -0.140. The molecule has 3 amide bonds. The Hall–Kier alpha value is -2.91. The first-order valence-corrected chi connectivity index (χ1v) is 14.6. The molecule has 2 aromatic carbocycles. The highest BCUT2D eigenvalue weighted by atomic mass is 35.5. The summed E-state index contributed by atoms with van der Waals surface area (Å²) < 4.78 is 5.36. The number of phenols is 1. The molecule has 2 unspecified atom stereocenters. The third-order valence-corrected chi connectivity index (χ3v) is 6.85. The molecule has 40 heavy (non-hydrogen) atoms. The Morgan fingerprint density at radius 1 is 1.07 bits per heavy atom. The van der Waals surface area contributed by atoms with Crippen molar-refractivity contribution in [2.24, 2.45) is 0 Å². The molecule has 3 N–H and O–H groups in total. The van der Waals surface area contributed by atoms with E-state index in [-0.39, 0.29) is 18.0 Å². The van der Waals surface area contributed by atoms with Gasteiger partial charge in [-0.3, -0.25) is 9.59 Å². The maximum absolute atomic E-state index is 14.0. The summed E-state index contributed by atoms with van der Waals surface area (Å²) in [5, 5.41) is 16.1. The molecule has 0 aliphatic carbocycles. The van der Waals surface area contributed by atoms with Gasteiger partial charge in [0.1, 0.15) is 23.4 Å². The molecule has 0 aliphatic heterocycles. The van der Waals surface area contributed by atoms with Crippen LogP contribution in [-0.4, -0.2) is 51.9 Å². The Morgan fingerprint density at radius 3 is 2.35 bits per heavy atom. The van der Waals surface area contributed by atoms with Gasteiger partial charge in [-0.05, 0) is 63.4 Å². The minimum absolute atomic E-state index is 0.0115. The lowest BCUT2D eigenvalue weighted by Gasteiger charge is -2.34. The van der Waals surface area contributed by atoms with Crippen LogP contribution in [0.2, 0.25) is 5.02 Å². The van der Waals surface area contributed by atoms with Gasteiger partial charge < -0.3 is 25.4 Å². The maximum Gasteiger partial charge on any atom is 0.408 e. The number of hydrogen-bond donors (Lipinski definition) is 4. The molecule has 220 valence electrons. The molecule has 0 heterocycles. The van der Waals surface area contributed by atoms with Crippen LogP contribution >= 0.6 is 24.2 Å². The van der Waals surface area contributed by atoms with Crippen molar-refractivity contribution in [3.05, 3.63) is 58.6 Å². The molecule has 0 bridgehead atoms. The Labute approximate surface area is 248 Å². The zero-order chi connectivity index (χ0) is 29.9. The summed E-state index contributed by atoms with van der Waals surface area (Å²) >= 11 is 10.7. The van der Waals surface area contributed by atoms with Crippen molar-refractivity contribution < 1.29 is 24.2 Å². The molecule has 10 heteroatoms. The number of rotatable bonds is 13. The third-order valence-electron chi connectivity index (χ3n) is 6.17. The number of benzene rings is 2. The Morgan fingerprint density at radius 2 is 1.75 bits per heavy atom. The van der Waals surface area contributed by atoms with Gasteiger partial charge in [-0.2, -0.15) is 12.6 Å². The van der Waals surface area contributed by atoms with Crippen LogP contribution < -0.4 is 10.6 Å². The van der Waals surface area contributed by atoms with Gasteiger partial charge in [0.25, 0.3) is 5.91 Å². The lowest BCUT2D eigenvalue weighted by atomic mass is 10.0. The number of phenolic OH excluding ortho intramolecular Hbond substituents is 1. The number of unbranched alkanes of at least 4 members (excludes halogenated alkanes) is 4. The molecular weight excluding hydrogens is 550 g/mol. The van der Waals surface area contributed by atoms with E-state index in [1.807, 2.05) is 13.0 Å². The topological polar surface area (TPSA) is 108 Å². The van der Waals surface area contributed by atoms with Crippen LogP contribution in [-0.2, 0) is 14.3 Å². The molecule has 2 aromatic rings. The highest BCUT2D eigenvalue weighted by Crippen LogP contribution is 2.31. The van der Waals surface area contributed by atoms with E-state index in [2.05, 4.69) is 30.2 Å². The summed E-state index contributed by atoms with van der Waals surface area (Å²) in [6.45, 7) is 9.37. The van der Waals surface area contributed by atoms with E-state index in [4.69, 9.17) is 16.3 Å². The number of nitrogens with one attached hydrogen (secondary N) is 2. The van der Waals surface area contributed by atoms with Crippen LogP contribution in [0.15, 0.2) is 42.5 Å². The largest absolute Gasteiger partial charge is 0.508 e. The molecular formula is C30H42ClN3O5S. The van der Waals surface area contributed by atoms with E-state index in [0.717, 1.165) is 31.2 Å². The van der Waals surface area contributed by atoms with E-state index >= 15 is 0 Å². The normalized spacial score (nSPS) is 12.8. The summed E-state index contributed by atoms with van der Waals surface area (Å²) in [7, 11) is 0. The fraction of sp³-hybridized carbons (Fsp3) is 0.500. The molecule has 0 spiro atoms. The van der Waals surface area contributed by atoms with E-state index in [0.29, 0.717) is 22.7 Å². The zero-order valence-corrected chi connectivity index (χ0v) is 25.6. The third kappa shape index (κ3) is 10.2. The summed E-state index contributed by atoms with van der Waals surface area (Å²) in [6.07, 6.45) is 3.87. The van der Waals surface area contributed by atoms with Crippen LogP contribution in [0.25, 0.3) is 0 Å². The molecule has 2 atom stereocenters. The quantitative estimate of drug-likeness (QED) is 0.154. The van der Waals surface area contributed by atoms with Crippen molar-refractivity contribution in [3.8, 4) is 5.75 Å². The van der Waals surface area contributed by atoms with E-state index in [1.54, 1.807) is 45.0 Å². The molecule has 8 nitrogen and oxygen atoms in total. The average Bonchev–Trinajstić information content (AvgIpc) is 2.87. The Balaban J connectivity index is 2.50. The molecule has 0 aliphatic rings. The Kier molecular flexibility index (Phi) is 13.1. The van der Waals surface area contributed by atoms with Crippen LogP contribution in [0, 0.1) is 6.92 Å². The van der Waals surface area contributed by atoms with Gasteiger partial charge in [0.05, 0.1) is 10.7 Å². The van der Waals surface area contributed by atoms with Crippen molar-refractivity contribution in [2.75, 3.05) is 17.6 Å². The number of hydrogen-bond acceptors (Lipinski definition) is 6. The van der Waals surface area contributed by atoms with Gasteiger partial charge in [0, 0.05) is 12.3 Å². The van der Waals surface area contributed by atoms with Crippen molar-refractivity contribution in [3.63, 3.8) is 0 Å². The molecule has 0 saturated heterocycles. The van der Waals surface area contributed by atoms with Crippen LogP contribution in [0.1, 0.15) is 77.0 Å². The summed E-state index contributed by atoms with van der Waals surface area (Å²) in [6, 6.07) is 9.35. The number of aryl methyl sites for hydroxylation is 1. The molecule has 2 rings (SSSR count). The number of anilines is 1. The van der Waals surface area contributed by atoms with Crippen molar-refractivity contribution in [2.45, 2.75) is 84.4 Å². The summed E-state index contributed by atoms with van der Waals surface area (Å²) in [5.74, 6) is -1.05. The first kappa shape index (κ1) is 33.3. The van der Waals surface area contributed by atoms with Crippen LogP contribution in [0.3, 0.4) is 0 Å². The van der Waals surface area contributed by atoms with Crippen LogP contribution in [0.4, 0.5) is 10.5 Å². The monoisotopic (exact) mass is 591 g/mol. The fourth-order valence-corrected chi connectivity index (χ4v) is 4.75. The van der Waals surface area contributed by atoms with Crippen molar-refractivity contribution >= 4 is 47.8 Å². The Bertz CT molecular complexity index is 1130. The number of carbonyl (C=O) groups is 3. The van der Waals surface area contributed by atoms with Gasteiger partial charge in [0.15, 0.2) is 0 Å². The summed E-state index contributed by atoms with van der Waals surface area (Å²) in [4.78, 5) is 42.0. The van der Waals surface area contributed by atoms with E-state index < -0.39 is 35.6 Å². The van der Waals surface area contributed by atoms with E-state index in [9.17, 15) is 19.5 Å². The molecule has 0 aromatic heterocycles. The SMILES string of the molecule is CCCCCCCN(C(=O)C(CS)NC(=O)OC(C)(C)C)C(C(=O)Nc1c(C)cccc1Cl)c1cccc(O)c1. The lowest BCUT2D eigenvalue weighted by Crippen LogP contribution is -2.53. The van der Waals surface area contributed by atoms with Gasteiger partial charge in [-0.25, -0.2) is 4.79 Å². The molecule has 0 fully saturated rings. The minimum atomic E-state index is -1.12. The van der Waals surface area contributed by atoms with Gasteiger partial charge in [0.2, 0.25) is 5.91 Å². The highest BCUT2D eigenvalue weighted by molar-refractivity contribution is 7.80.